The average Bonchev–Trinajstić information content (AvgIpc) is 3.16. The second-order valence-electron chi connectivity index (χ2n) is 4.59. The van der Waals surface area contributed by atoms with E-state index in [4.69, 9.17) is 4.42 Å². The Hall–Kier alpha value is -1.67. The molecule has 2 heterocycles. The SMILES string of the molecule is CCc1nnc([C@H](C)Sc2n[nH]c(-c3ccccc3Br)n2)o1. The summed E-state index contributed by atoms with van der Waals surface area (Å²) in [5.74, 6) is 1.96. The number of nitrogens with zero attached hydrogens (tertiary/aromatic N) is 4. The van der Waals surface area contributed by atoms with Crippen LogP contribution >= 0.6 is 27.7 Å². The predicted octanol–water partition coefficient (Wildman–Crippen LogP) is 4.03. The largest absolute Gasteiger partial charge is 0.424 e. The molecule has 0 unspecified atom stereocenters. The summed E-state index contributed by atoms with van der Waals surface area (Å²) in [6.07, 6.45) is 0.733. The Kier molecular flexibility index (Phi) is 4.58. The van der Waals surface area contributed by atoms with Gasteiger partial charge in [0, 0.05) is 16.5 Å². The molecule has 0 aliphatic heterocycles. The second kappa shape index (κ2) is 6.62. The minimum absolute atomic E-state index is 0.00401. The van der Waals surface area contributed by atoms with Gasteiger partial charge in [0.25, 0.3) is 0 Å². The van der Waals surface area contributed by atoms with Crippen molar-refractivity contribution in [2.45, 2.75) is 30.7 Å². The number of rotatable bonds is 5. The lowest BCUT2D eigenvalue weighted by atomic mass is 10.2. The van der Waals surface area contributed by atoms with E-state index in [1.165, 1.54) is 11.8 Å². The molecule has 6 nitrogen and oxygen atoms in total. The van der Waals surface area contributed by atoms with E-state index in [9.17, 15) is 0 Å². The normalized spacial score (nSPS) is 12.5. The highest BCUT2D eigenvalue weighted by molar-refractivity contribution is 9.10. The van der Waals surface area contributed by atoms with Gasteiger partial charge in [0.1, 0.15) is 0 Å². The number of aromatic nitrogens is 5. The maximum absolute atomic E-state index is 5.56. The molecular formula is C14H14BrN5OS. The number of halogens is 1. The van der Waals surface area contributed by atoms with Crippen molar-refractivity contribution in [1.29, 1.82) is 0 Å². The van der Waals surface area contributed by atoms with Gasteiger partial charge >= 0.3 is 0 Å². The molecule has 8 heteroatoms. The molecule has 0 spiro atoms. The smallest absolute Gasteiger partial charge is 0.229 e. The molecule has 0 fully saturated rings. The van der Waals surface area contributed by atoms with Crippen molar-refractivity contribution in [1.82, 2.24) is 25.4 Å². The molecular weight excluding hydrogens is 366 g/mol. The zero-order valence-electron chi connectivity index (χ0n) is 12.1. The van der Waals surface area contributed by atoms with Crippen LogP contribution in [0.15, 0.2) is 38.3 Å². The molecule has 0 saturated heterocycles. The number of thioether (sulfide) groups is 1. The molecule has 1 aromatic carbocycles. The van der Waals surface area contributed by atoms with Crippen LogP contribution < -0.4 is 0 Å². The quantitative estimate of drug-likeness (QED) is 0.673. The molecule has 1 atom stereocenters. The van der Waals surface area contributed by atoms with Crippen molar-refractivity contribution in [3.8, 4) is 11.4 Å². The topological polar surface area (TPSA) is 80.5 Å². The van der Waals surface area contributed by atoms with Crippen LogP contribution in [0.25, 0.3) is 11.4 Å². The molecule has 0 saturated carbocycles. The molecule has 3 rings (SSSR count). The molecule has 0 radical (unpaired) electrons. The van der Waals surface area contributed by atoms with E-state index in [0.29, 0.717) is 16.9 Å². The molecule has 22 heavy (non-hydrogen) atoms. The van der Waals surface area contributed by atoms with Gasteiger partial charge in [0.2, 0.25) is 16.9 Å². The number of hydrogen-bond acceptors (Lipinski definition) is 6. The van der Waals surface area contributed by atoms with Crippen molar-refractivity contribution in [2.24, 2.45) is 0 Å². The van der Waals surface area contributed by atoms with E-state index in [0.717, 1.165) is 22.3 Å². The van der Waals surface area contributed by atoms with Crippen LogP contribution in [0, 0.1) is 0 Å². The maximum Gasteiger partial charge on any atom is 0.229 e. The van der Waals surface area contributed by atoms with Gasteiger partial charge in [-0.3, -0.25) is 5.10 Å². The first kappa shape index (κ1) is 15.2. The Morgan fingerprint density at radius 1 is 1.32 bits per heavy atom. The fourth-order valence-corrected chi connectivity index (χ4v) is 3.08. The maximum atomic E-state index is 5.56. The lowest BCUT2D eigenvalue weighted by molar-refractivity contribution is 0.456. The molecule has 3 aromatic rings. The Balaban J connectivity index is 1.75. The van der Waals surface area contributed by atoms with Gasteiger partial charge in [-0.2, -0.15) is 0 Å². The Morgan fingerprint density at radius 2 is 2.14 bits per heavy atom. The van der Waals surface area contributed by atoms with E-state index in [2.05, 4.69) is 41.3 Å². The summed E-state index contributed by atoms with van der Waals surface area (Å²) >= 11 is 4.99. The third-order valence-corrected chi connectivity index (χ3v) is 4.65. The van der Waals surface area contributed by atoms with E-state index in [1.807, 2.05) is 38.1 Å². The zero-order valence-corrected chi connectivity index (χ0v) is 14.5. The van der Waals surface area contributed by atoms with E-state index >= 15 is 0 Å². The van der Waals surface area contributed by atoms with Gasteiger partial charge in [-0.25, -0.2) is 4.98 Å². The third kappa shape index (κ3) is 3.22. The highest BCUT2D eigenvalue weighted by Crippen LogP contribution is 2.33. The third-order valence-electron chi connectivity index (χ3n) is 3.01. The van der Waals surface area contributed by atoms with Gasteiger partial charge in [0.05, 0.1) is 5.25 Å². The van der Waals surface area contributed by atoms with E-state index < -0.39 is 0 Å². The van der Waals surface area contributed by atoms with Gasteiger partial charge in [-0.05, 0) is 13.0 Å². The van der Waals surface area contributed by atoms with Crippen LogP contribution in [0.3, 0.4) is 0 Å². The Labute approximate surface area is 140 Å². The number of aryl methyl sites for hydroxylation is 1. The highest BCUT2D eigenvalue weighted by atomic mass is 79.9. The lowest BCUT2D eigenvalue weighted by Gasteiger charge is -2.02. The molecule has 0 amide bonds. The van der Waals surface area contributed by atoms with Crippen molar-refractivity contribution in [3.63, 3.8) is 0 Å². The van der Waals surface area contributed by atoms with Crippen LogP contribution in [0.5, 0.6) is 0 Å². The molecule has 2 aromatic heterocycles. The van der Waals surface area contributed by atoms with Crippen molar-refractivity contribution >= 4 is 27.7 Å². The summed E-state index contributed by atoms with van der Waals surface area (Å²) in [7, 11) is 0. The first-order valence-corrected chi connectivity index (χ1v) is 8.51. The van der Waals surface area contributed by atoms with Gasteiger partial charge in [-0.15, -0.1) is 15.3 Å². The monoisotopic (exact) mass is 379 g/mol. The van der Waals surface area contributed by atoms with Gasteiger partial charge in [0.15, 0.2) is 5.82 Å². The summed E-state index contributed by atoms with van der Waals surface area (Å²) in [6.45, 7) is 3.97. The average molecular weight is 380 g/mol. The molecule has 0 aliphatic carbocycles. The molecule has 1 N–H and O–H groups in total. The molecule has 0 bridgehead atoms. The summed E-state index contributed by atoms with van der Waals surface area (Å²) in [4.78, 5) is 4.51. The predicted molar refractivity (Wildman–Crippen MR) is 87.5 cm³/mol. The van der Waals surface area contributed by atoms with Crippen molar-refractivity contribution < 1.29 is 4.42 Å². The number of aromatic amines is 1. The lowest BCUT2D eigenvalue weighted by Crippen LogP contribution is -1.89. The van der Waals surface area contributed by atoms with Crippen LogP contribution in [-0.2, 0) is 6.42 Å². The Bertz CT molecular complexity index is 772. The van der Waals surface area contributed by atoms with Crippen LogP contribution in [-0.4, -0.2) is 25.4 Å². The summed E-state index contributed by atoms with van der Waals surface area (Å²) in [5, 5.41) is 15.9. The first-order chi connectivity index (χ1) is 10.7. The van der Waals surface area contributed by atoms with Crippen LogP contribution in [0.4, 0.5) is 0 Å². The molecule has 114 valence electrons. The second-order valence-corrected chi connectivity index (χ2v) is 6.76. The number of benzene rings is 1. The van der Waals surface area contributed by atoms with Crippen LogP contribution in [0.2, 0.25) is 0 Å². The minimum Gasteiger partial charge on any atom is -0.424 e. The Morgan fingerprint density at radius 3 is 2.86 bits per heavy atom. The molecule has 0 aliphatic rings. The fraction of sp³-hybridized carbons (Fsp3) is 0.286. The van der Waals surface area contributed by atoms with Gasteiger partial charge in [-0.1, -0.05) is 52.8 Å². The fourth-order valence-electron chi connectivity index (χ4n) is 1.86. The summed E-state index contributed by atoms with van der Waals surface area (Å²) < 4.78 is 6.53. The van der Waals surface area contributed by atoms with E-state index in [1.54, 1.807) is 0 Å². The minimum atomic E-state index is -0.00401. The first-order valence-electron chi connectivity index (χ1n) is 6.83. The van der Waals surface area contributed by atoms with E-state index in [-0.39, 0.29) is 5.25 Å². The zero-order chi connectivity index (χ0) is 15.5. The standard InChI is InChI=1S/C14H14BrN5OS/c1-3-11-17-19-13(21-11)8(2)22-14-16-12(18-20-14)9-6-4-5-7-10(9)15/h4-8H,3H2,1-2H3,(H,16,18,20)/t8-/m0/s1. The van der Waals surface area contributed by atoms with Crippen LogP contribution in [0.1, 0.15) is 30.9 Å². The highest BCUT2D eigenvalue weighted by Gasteiger charge is 2.18. The van der Waals surface area contributed by atoms with Gasteiger partial charge < -0.3 is 4.42 Å². The summed E-state index contributed by atoms with van der Waals surface area (Å²) in [5.41, 5.74) is 0.973. The van der Waals surface area contributed by atoms with Crippen molar-refractivity contribution in [2.75, 3.05) is 0 Å². The number of hydrogen-bond donors (Lipinski definition) is 1. The summed E-state index contributed by atoms with van der Waals surface area (Å²) in [6, 6.07) is 7.87. The number of H-pyrrole nitrogens is 1. The number of nitrogens with one attached hydrogen (secondary N) is 1. The van der Waals surface area contributed by atoms with Crippen molar-refractivity contribution in [3.05, 3.63) is 40.5 Å².